The molecule has 0 radical (unpaired) electrons. The van der Waals surface area contributed by atoms with E-state index in [2.05, 4.69) is 9.98 Å². The van der Waals surface area contributed by atoms with Gasteiger partial charge in [0.25, 0.3) is 0 Å². The van der Waals surface area contributed by atoms with Gasteiger partial charge < -0.3 is 21.6 Å². The van der Waals surface area contributed by atoms with Gasteiger partial charge in [0.2, 0.25) is 5.66 Å². The first-order valence-corrected chi connectivity index (χ1v) is 5.64. The summed E-state index contributed by atoms with van der Waals surface area (Å²) in [6, 6.07) is 0. The van der Waals surface area contributed by atoms with Crippen LogP contribution in [0, 0.1) is 22.0 Å². The average Bonchev–Trinajstić information content (AvgIpc) is 2.69. The van der Waals surface area contributed by atoms with Crippen LogP contribution in [0.4, 0.5) is 0 Å². The van der Waals surface area contributed by atoms with Crippen LogP contribution < -0.4 is 11.5 Å². The van der Waals surface area contributed by atoms with E-state index in [0.717, 1.165) is 6.42 Å². The van der Waals surface area contributed by atoms with Gasteiger partial charge in [-0.15, -0.1) is 0 Å². The molecule has 0 spiro atoms. The van der Waals surface area contributed by atoms with Crippen molar-refractivity contribution in [1.82, 2.24) is 0 Å². The van der Waals surface area contributed by atoms with E-state index >= 15 is 0 Å². The molecule has 1 rings (SSSR count). The van der Waals surface area contributed by atoms with E-state index < -0.39 is 10.6 Å². The molecule has 1 heterocycles. The molecule has 3 unspecified atom stereocenters. The molecule has 0 amide bonds. The highest BCUT2D eigenvalue weighted by atomic mass is 16.6. The topological polar surface area (TPSA) is 120 Å². The van der Waals surface area contributed by atoms with E-state index in [0.29, 0.717) is 13.1 Å². The first-order chi connectivity index (χ1) is 7.94. The zero-order valence-corrected chi connectivity index (χ0v) is 10.2. The smallest absolute Gasteiger partial charge is 0.358 e. The Labute approximate surface area is 100 Å². The van der Waals surface area contributed by atoms with Crippen molar-refractivity contribution in [3.63, 3.8) is 0 Å². The van der Waals surface area contributed by atoms with Gasteiger partial charge in [0.15, 0.2) is 0 Å². The first-order valence-electron chi connectivity index (χ1n) is 5.64. The van der Waals surface area contributed by atoms with Crippen molar-refractivity contribution in [2.24, 2.45) is 33.3 Å². The largest absolute Gasteiger partial charge is 0.378 e. The van der Waals surface area contributed by atoms with E-state index in [-0.39, 0.29) is 17.7 Å². The van der Waals surface area contributed by atoms with Crippen LogP contribution in [0.25, 0.3) is 0 Å². The second-order valence-electron chi connectivity index (χ2n) is 4.44. The average molecular weight is 241 g/mol. The summed E-state index contributed by atoms with van der Waals surface area (Å²) >= 11 is 0. The molecule has 7 heteroatoms. The van der Waals surface area contributed by atoms with E-state index in [1.165, 1.54) is 6.21 Å². The molecule has 0 aromatic heterocycles. The Hall–Kier alpha value is -1.34. The molecule has 0 aromatic carbocycles. The zero-order chi connectivity index (χ0) is 13.1. The predicted octanol–water partition coefficient (Wildman–Crippen LogP) is 0.0220. The molecule has 17 heavy (non-hydrogen) atoms. The number of nitro groups is 1. The molecule has 1 aliphatic heterocycles. The van der Waals surface area contributed by atoms with Crippen molar-refractivity contribution in [3.8, 4) is 0 Å². The third-order valence-electron chi connectivity index (χ3n) is 3.38. The SMILES string of the molecule is CC(C(CN)CCN)C1(C)N=CC([N+](=O)[O-])=N1. The maximum atomic E-state index is 10.6. The van der Waals surface area contributed by atoms with Gasteiger partial charge in [-0.25, -0.2) is 4.99 Å². The summed E-state index contributed by atoms with van der Waals surface area (Å²) in [5.74, 6) is -0.00961. The lowest BCUT2D eigenvalue weighted by Gasteiger charge is -2.28. The van der Waals surface area contributed by atoms with Gasteiger partial charge in [0.05, 0.1) is 0 Å². The molecule has 0 bridgehead atoms. The van der Waals surface area contributed by atoms with E-state index in [4.69, 9.17) is 11.5 Å². The number of amidine groups is 1. The second-order valence-corrected chi connectivity index (χ2v) is 4.44. The van der Waals surface area contributed by atoms with Crippen molar-refractivity contribution in [2.45, 2.75) is 25.9 Å². The fourth-order valence-corrected chi connectivity index (χ4v) is 2.02. The highest BCUT2D eigenvalue weighted by Gasteiger charge is 2.44. The lowest BCUT2D eigenvalue weighted by atomic mass is 9.82. The summed E-state index contributed by atoms with van der Waals surface area (Å²) in [5.41, 5.74) is 10.4. The molecule has 0 aliphatic carbocycles. The minimum Gasteiger partial charge on any atom is -0.358 e. The Morgan fingerprint density at radius 1 is 1.59 bits per heavy atom. The van der Waals surface area contributed by atoms with Gasteiger partial charge in [-0.2, -0.15) is 0 Å². The van der Waals surface area contributed by atoms with Gasteiger partial charge in [-0.1, -0.05) is 6.92 Å². The van der Waals surface area contributed by atoms with E-state index in [1.54, 1.807) is 6.92 Å². The van der Waals surface area contributed by atoms with Crippen molar-refractivity contribution in [1.29, 1.82) is 0 Å². The molecule has 3 atom stereocenters. The fraction of sp³-hybridized carbons (Fsp3) is 0.800. The quantitative estimate of drug-likeness (QED) is 0.520. The summed E-state index contributed by atoms with van der Waals surface area (Å²) < 4.78 is 0. The zero-order valence-electron chi connectivity index (χ0n) is 10.2. The lowest BCUT2D eigenvalue weighted by molar-refractivity contribution is -0.345. The van der Waals surface area contributed by atoms with Crippen LogP contribution in [0.15, 0.2) is 9.98 Å². The van der Waals surface area contributed by atoms with E-state index in [9.17, 15) is 10.1 Å². The van der Waals surface area contributed by atoms with Crippen LogP contribution in [0.2, 0.25) is 0 Å². The summed E-state index contributed by atoms with van der Waals surface area (Å²) in [5, 5.41) is 10.6. The van der Waals surface area contributed by atoms with Gasteiger partial charge in [-0.3, -0.25) is 0 Å². The molecule has 1 aliphatic rings. The summed E-state index contributed by atoms with van der Waals surface area (Å²) in [6.07, 6.45) is 1.98. The Balaban J connectivity index is 2.85. The molecule has 0 saturated carbocycles. The Morgan fingerprint density at radius 2 is 2.24 bits per heavy atom. The maximum absolute atomic E-state index is 10.6. The van der Waals surface area contributed by atoms with Crippen LogP contribution in [0.1, 0.15) is 20.3 Å². The number of nitrogens with zero attached hydrogens (tertiary/aromatic N) is 3. The highest BCUT2D eigenvalue weighted by molar-refractivity contribution is 6.26. The van der Waals surface area contributed by atoms with Crippen LogP contribution >= 0.6 is 0 Å². The van der Waals surface area contributed by atoms with Gasteiger partial charge in [-0.05, 0) is 35.3 Å². The van der Waals surface area contributed by atoms with Crippen molar-refractivity contribution >= 4 is 12.1 Å². The van der Waals surface area contributed by atoms with Crippen LogP contribution in [0.3, 0.4) is 0 Å². The Kier molecular flexibility index (Phi) is 4.30. The van der Waals surface area contributed by atoms with Crippen molar-refractivity contribution in [3.05, 3.63) is 10.1 Å². The molecular weight excluding hydrogens is 222 g/mol. The van der Waals surface area contributed by atoms with Crippen LogP contribution in [-0.4, -0.2) is 35.7 Å². The molecule has 0 aromatic rings. The standard InChI is InChI=1S/C10H19N5O2/c1-7(8(5-12)3-4-11)10(2)13-6-9(14-10)15(16)17/h6-8H,3-5,11-12H2,1-2H3. The number of hydrogen-bond acceptors (Lipinski definition) is 6. The molecular formula is C10H19N5O2. The van der Waals surface area contributed by atoms with Gasteiger partial charge >= 0.3 is 5.84 Å². The highest BCUT2D eigenvalue weighted by Crippen LogP contribution is 2.33. The number of hydrogen-bond donors (Lipinski definition) is 2. The summed E-state index contributed by atoms with van der Waals surface area (Å²) in [7, 11) is 0. The monoisotopic (exact) mass is 241 g/mol. The van der Waals surface area contributed by atoms with Crippen molar-refractivity contribution in [2.75, 3.05) is 13.1 Å². The molecule has 0 fully saturated rings. The van der Waals surface area contributed by atoms with Crippen LogP contribution in [0.5, 0.6) is 0 Å². The van der Waals surface area contributed by atoms with E-state index in [1.807, 2.05) is 6.92 Å². The third-order valence-corrected chi connectivity index (χ3v) is 3.38. The Bertz CT molecular complexity index is 355. The molecule has 7 nitrogen and oxygen atoms in total. The summed E-state index contributed by atoms with van der Waals surface area (Å²) in [6.45, 7) is 4.76. The fourth-order valence-electron chi connectivity index (χ4n) is 2.02. The normalized spacial score (nSPS) is 26.7. The minimum atomic E-state index is -0.790. The molecule has 96 valence electrons. The maximum Gasteiger partial charge on any atom is 0.378 e. The number of aliphatic imine (C=N–C) groups is 2. The van der Waals surface area contributed by atoms with Crippen molar-refractivity contribution < 1.29 is 4.92 Å². The minimum absolute atomic E-state index is 0.0183. The third kappa shape index (κ3) is 2.86. The molecule has 0 saturated heterocycles. The Morgan fingerprint density at radius 3 is 2.65 bits per heavy atom. The summed E-state index contributed by atoms with van der Waals surface area (Å²) in [4.78, 5) is 18.3. The number of rotatable bonds is 5. The van der Waals surface area contributed by atoms with Crippen LogP contribution in [-0.2, 0) is 0 Å². The molecule has 4 N–H and O–H groups in total. The van der Waals surface area contributed by atoms with Gasteiger partial charge in [0, 0.05) is 12.8 Å². The predicted molar refractivity (Wildman–Crippen MR) is 66.7 cm³/mol. The first kappa shape index (κ1) is 13.7. The lowest BCUT2D eigenvalue weighted by Crippen LogP contribution is -2.37. The second kappa shape index (κ2) is 5.33. The van der Waals surface area contributed by atoms with Gasteiger partial charge in [0.1, 0.15) is 6.21 Å². The number of nitrogens with two attached hydrogens (primary N) is 2.